The summed E-state index contributed by atoms with van der Waals surface area (Å²) in [7, 11) is 1.66. The Bertz CT molecular complexity index is 686. The fraction of sp³-hybridized carbons (Fsp3) is 0.143. The van der Waals surface area contributed by atoms with Crippen LogP contribution < -0.4 is 4.74 Å². The van der Waals surface area contributed by atoms with E-state index in [0.29, 0.717) is 0 Å². The Balaban J connectivity index is 2.07. The van der Waals surface area contributed by atoms with Gasteiger partial charge in [-0.1, -0.05) is 0 Å². The maximum Gasteiger partial charge on any atom is 0.234 e. The number of rotatable bonds is 2. The Hall–Kier alpha value is -2.36. The molecule has 0 radical (unpaired) electrons. The predicted octanol–water partition coefficient (Wildman–Crippen LogP) is 2.71. The van der Waals surface area contributed by atoms with Gasteiger partial charge in [0.15, 0.2) is 0 Å². The molecule has 18 heavy (non-hydrogen) atoms. The molecule has 0 amide bonds. The van der Waals surface area contributed by atoms with Gasteiger partial charge in [-0.15, -0.1) is 0 Å². The topological polar surface area (TPSA) is 39.4 Å². The fourth-order valence-electron chi connectivity index (χ4n) is 1.86. The first kappa shape index (κ1) is 10.8. The highest BCUT2D eigenvalue weighted by molar-refractivity contribution is 5.62. The van der Waals surface area contributed by atoms with Gasteiger partial charge >= 0.3 is 0 Å². The normalized spacial score (nSPS) is 10.8. The van der Waals surface area contributed by atoms with E-state index in [4.69, 9.17) is 4.74 Å². The van der Waals surface area contributed by atoms with E-state index >= 15 is 0 Å². The molecule has 4 heteroatoms. The SMILES string of the molecule is COc1ccc(-c2cn3ccc(C)nc3n2)cc1. The van der Waals surface area contributed by atoms with Gasteiger partial charge < -0.3 is 4.74 Å². The van der Waals surface area contributed by atoms with E-state index in [1.54, 1.807) is 7.11 Å². The molecule has 0 aliphatic heterocycles. The molecule has 0 atom stereocenters. The number of ether oxygens (including phenoxy) is 1. The fourth-order valence-corrected chi connectivity index (χ4v) is 1.86. The van der Waals surface area contributed by atoms with Crippen LogP contribution in [0.2, 0.25) is 0 Å². The van der Waals surface area contributed by atoms with Gasteiger partial charge in [0.2, 0.25) is 5.78 Å². The molecule has 2 heterocycles. The van der Waals surface area contributed by atoms with E-state index in [1.807, 2.05) is 54.0 Å². The van der Waals surface area contributed by atoms with Crippen LogP contribution in [0, 0.1) is 6.92 Å². The average Bonchev–Trinajstić information content (AvgIpc) is 2.81. The van der Waals surface area contributed by atoms with E-state index in [2.05, 4.69) is 9.97 Å². The number of aryl methyl sites for hydroxylation is 1. The minimum absolute atomic E-state index is 0.723. The lowest BCUT2D eigenvalue weighted by Gasteiger charge is -1.99. The monoisotopic (exact) mass is 239 g/mol. The van der Waals surface area contributed by atoms with Gasteiger partial charge in [0.25, 0.3) is 0 Å². The zero-order valence-corrected chi connectivity index (χ0v) is 10.3. The zero-order valence-electron chi connectivity index (χ0n) is 10.3. The molecule has 2 aromatic heterocycles. The maximum atomic E-state index is 5.14. The van der Waals surface area contributed by atoms with Crippen LogP contribution in [0.15, 0.2) is 42.7 Å². The third kappa shape index (κ3) is 1.82. The number of methoxy groups -OCH3 is 1. The third-order valence-corrected chi connectivity index (χ3v) is 2.85. The minimum Gasteiger partial charge on any atom is -0.497 e. The van der Waals surface area contributed by atoms with Crippen LogP contribution in [0.25, 0.3) is 17.0 Å². The van der Waals surface area contributed by atoms with Crippen molar-refractivity contribution in [1.29, 1.82) is 0 Å². The number of nitrogens with zero attached hydrogens (tertiary/aromatic N) is 3. The molecule has 0 fully saturated rings. The number of hydrogen-bond donors (Lipinski definition) is 0. The number of benzene rings is 1. The summed E-state index contributed by atoms with van der Waals surface area (Å²) in [5.41, 5.74) is 2.93. The van der Waals surface area contributed by atoms with E-state index in [0.717, 1.165) is 28.5 Å². The van der Waals surface area contributed by atoms with Crippen molar-refractivity contribution in [1.82, 2.24) is 14.4 Å². The Morgan fingerprint density at radius 3 is 2.56 bits per heavy atom. The van der Waals surface area contributed by atoms with Crippen LogP contribution in [0.4, 0.5) is 0 Å². The van der Waals surface area contributed by atoms with Crippen LogP contribution >= 0.6 is 0 Å². The van der Waals surface area contributed by atoms with Crippen LogP contribution in [-0.4, -0.2) is 21.5 Å². The largest absolute Gasteiger partial charge is 0.497 e. The van der Waals surface area contributed by atoms with E-state index in [1.165, 1.54) is 0 Å². The van der Waals surface area contributed by atoms with Crippen molar-refractivity contribution in [3.8, 4) is 17.0 Å². The summed E-state index contributed by atoms with van der Waals surface area (Å²) >= 11 is 0. The highest BCUT2D eigenvalue weighted by Gasteiger charge is 2.05. The number of hydrogen-bond acceptors (Lipinski definition) is 3. The lowest BCUT2D eigenvalue weighted by atomic mass is 10.2. The molecule has 0 saturated carbocycles. The average molecular weight is 239 g/mol. The van der Waals surface area contributed by atoms with Gasteiger partial charge in [0.05, 0.1) is 12.8 Å². The number of imidazole rings is 1. The van der Waals surface area contributed by atoms with Crippen molar-refractivity contribution in [2.24, 2.45) is 0 Å². The van der Waals surface area contributed by atoms with Gasteiger partial charge in [-0.3, -0.25) is 4.40 Å². The Morgan fingerprint density at radius 1 is 1.06 bits per heavy atom. The lowest BCUT2D eigenvalue weighted by Crippen LogP contribution is -1.88. The van der Waals surface area contributed by atoms with Crippen molar-refractivity contribution < 1.29 is 4.74 Å². The Labute approximate surface area is 105 Å². The van der Waals surface area contributed by atoms with Crippen molar-refractivity contribution in [2.45, 2.75) is 6.92 Å². The Morgan fingerprint density at radius 2 is 1.83 bits per heavy atom. The van der Waals surface area contributed by atoms with Gasteiger partial charge in [0.1, 0.15) is 5.75 Å². The molecule has 0 N–H and O–H groups in total. The summed E-state index contributed by atoms with van der Waals surface area (Å²) < 4.78 is 7.06. The van der Waals surface area contributed by atoms with Gasteiger partial charge in [-0.05, 0) is 37.3 Å². The van der Waals surface area contributed by atoms with Gasteiger partial charge in [-0.25, -0.2) is 9.97 Å². The van der Waals surface area contributed by atoms with Crippen molar-refractivity contribution in [3.05, 3.63) is 48.4 Å². The molecule has 0 bridgehead atoms. The van der Waals surface area contributed by atoms with E-state index < -0.39 is 0 Å². The standard InChI is InChI=1S/C14H13N3O/c1-10-7-8-17-9-13(16-14(17)15-10)11-3-5-12(18-2)6-4-11/h3-9H,1-2H3. The summed E-state index contributed by atoms with van der Waals surface area (Å²) in [6.45, 7) is 1.96. The van der Waals surface area contributed by atoms with E-state index in [-0.39, 0.29) is 0 Å². The highest BCUT2D eigenvalue weighted by Crippen LogP contribution is 2.21. The summed E-state index contributed by atoms with van der Waals surface area (Å²) in [4.78, 5) is 8.89. The second kappa shape index (κ2) is 4.14. The minimum atomic E-state index is 0.723. The van der Waals surface area contributed by atoms with E-state index in [9.17, 15) is 0 Å². The molecular formula is C14H13N3O. The summed E-state index contributed by atoms with van der Waals surface area (Å²) in [6, 6.07) is 9.81. The lowest BCUT2D eigenvalue weighted by molar-refractivity contribution is 0.415. The number of aromatic nitrogens is 3. The van der Waals surface area contributed by atoms with Crippen molar-refractivity contribution >= 4 is 5.78 Å². The zero-order chi connectivity index (χ0) is 12.5. The van der Waals surface area contributed by atoms with Gasteiger partial charge in [-0.2, -0.15) is 0 Å². The maximum absolute atomic E-state index is 5.14. The molecule has 0 spiro atoms. The molecule has 0 saturated heterocycles. The van der Waals surface area contributed by atoms with Crippen molar-refractivity contribution in [2.75, 3.05) is 7.11 Å². The third-order valence-electron chi connectivity index (χ3n) is 2.85. The van der Waals surface area contributed by atoms with Crippen LogP contribution in [0.3, 0.4) is 0 Å². The van der Waals surface area contributed by atoms with Crippen molar-refractivity contribution in [3.63, 3.8) is 0 Å². The molecule has 3 rings (SSSR count). The Kier molecular flexibility index (Phi) is 2.48. The quantitative estimate of drug-likeness (QED) is 0.690. The molecular weight excluding hydrogens is 226 g/mol. The van der Waals surface area contributed by atoms with Crippen LogP contribution in [0.5, 0.6) is 5.75 Å². The smallest absolute Gasteiger partial charge is 0.234 e. The second-order valence-corrected chi connectivity index (χ2v) is 4.13. The second-order valence-electron chi connectivity index (χ2n) is 4.13. The first-order chi connectivity index (χ1) is 8.76. The number of fused-ring (bicyclic) bond motifs is 1. The predicted molar refractivity (Wildman–Crippen MR) is 69.7 cm³/mol. The van der Waals surface area contributed by atoms with Crippen LogP contribution in [-0.2, 0) is 0 Å². The molecule has 4 nitrogen and oxygen atoms in total. The molecule has 1 aromatic carbocycles. The summed E-state index contributed by atoms with van der Waals surface area (Å²) in [5, 5.41) is 0. The summed E-state index contributed by atoms with van der Waals surface area (Å²) in [6.07, 6.45) is 3.95. The van der Waals surface area contributed by atoms with Crippen LogP contribution in [0.1, 0.15) is 5.69 Å². The van der Waals surface area contributed by atoms with Gasteiger partial charge in [0, 0.05) is 23.7 Å². The molecule has 0 aliphatic rings. The first-order valence-corrected chi connectivity index (χ1v) is 5.73. The highest BCUT2D eigenvalue weighted by atomic mass is 16.5. The molecule has 90 valence electrons. The molecule has 0 unspecified atom stereocenters. The molecule has 0 aliphatic carbocycles. The summed E-state index contributed by atoms with van der Waals surface area (Å²) in [5.74, 6) is 1.57. The first-order valence-electron chi connectivity index (χ1n) is 5.73. The molecule has 3 aromatic rings.